The van der Waals surface area contributed by atoms with Crippen LogP contribution in [0.1, 0.15) is 54.1 Å². The van der Waals surface area contributed by atoms with Gasteiger partial charge in [-0.3, -0.25) is 9.59 Å². The first kappa shape index (κ1) is 19.0. The Labute approximate surface area is 176 Å². The van der Waals surface area contributed by atoms with Crippen molar-refractivity contribution in [3.8, 4) is 11.5 Å². The van der Waals surface area contributed by atoms with Gasteiger partial charge in [0, 0.05) is 37.2 Å². The number of likely N-dealkylation sites (tertiary alicyclic amines) is 1. The normalized spacial score (nSPS) is 21.1. The minimum Gasteiger partial charge on any atom is -0.490 e. The van der Waals surface area contributed by atoms with Gasteiger partial charge in [0.15, 0.2) is 11.5 Å². The van der Waals surface area contributed by atoms with E-state index < -0.39 is 0 Å². The molecule has 30 heavy (non-hydrogen) atoms. The standard InChI is InChI=1S/C24H26N2O4/c27-23-8-3-11-25(23)19-6-1-5-18(15-19)24(28)26-12-2-7-20(26)17-9-10-21-22(16-17)30-14-4-13-29-21/h1,5-6,9-10,15-16,20H,2-4,7-8,11-14H2/t20-/m1/s1. The van der Waals surface area contributed by atoms with Crippen LogP contribution in [0, 0.1) is 0 Å². The molecule has 2 amide bonds. The van der Waals surface area contributed by atoms with Gasteiger partial charge in [-0.2, -0.15) is 0 Å². The fourth-order valence-corrected chi connectivity index (χ4v) is 4.64. The van der Waals surface area contributed by atoms with Gasteiger partial charge in [-0.15, -0.1) is 0 Å². The first-order valence-corrected chi connectivity index (χ1v) is 10.8. The maximum atomic E-state index is 13.4. The van der Waals surface area contributed by atoms with Crippen LogP contribution in [0.5, 0.6) is 11.5 Å². The van der Waals surface area contributed by atoms with Crippen molar-refractivity contribution in [3.05, 3.63) is 53.6 Å². The molecule has 0 spiro atoms. The fraction of sp³-hybridized carbons (Fsp3) is 0.417. The predicted molar refractivity (Wildman–Crippen MR) is 113 cm³/mol. The molecule has 3 heterocycles. The SMILES string of the molecule is O=C1CCCN1c1cccc(C(=O)N2CCC[C@@H]2c2ccc3c(c2)OCCCO3)c1. The first-order chi connectivity index (χ1) is 14.7. The zero-order chi connectivity index (χ0) is 20.5. The molecule has 2 aromatic rings. The molecule has 2 fully saturated rings. The number of nitrogens with zero attached hydrogens (tertiary/aromatic N) is 2. The van der Waals surface area contributed by atoms with Crippen LogP contribution in [0.4, 0.5) is 5.69 Å². The van der Waals surface area contributed by atoms with Crippen molar-refractivity contribution in [1.29, 1.82) is 0 Å². The fourth-order valence-electron chi connectivity index (χ4n) is 4.64. The Morgan fingerprint density at radius 1 is 0.933 bits per heavy atom. The Morgan fingerprint density at radius 2 is 1.80 bits per heavy atom. The van der Waals surface area contributed by atoms with Gasteiger partial charge < -0.3 is 19.3 Å². The topological polar surface area (TPSA) is 59.1 Å². The maximum Gasteiger partial charge on any atom is 0.254 e. The molecule has 6 heteroatoms. The van der Waals surface area contributed by atoms with Crippen molar-refractivity contribution in [3.63, 3.8) is 0 Å². The van der Waals surface area contributed by atoms with Crippen LogP contribution in [0.25, 0.3) is 0 Å². The van der Waals surface area contributed by atoms with E-state index in [9.17, 15) is 9.59 Å². The highest BCUT2D eigenvalue weighted by molar-refractivity contribution is 5.99. The second kappa shape index (κ2) is 8.01. The molecule has 5 rings (SSSR count). The summed E-state index contributed by atoms with van der Waals surface area (Å²) in [5, 5.41) is 0. The van der Waals surface area contributed by atoms with Gasteiger partial charge in [0.2, 0.25) is 5.91 Å². The van der Waals surface area contributed by atoms with E-state index in [1.807, 2.05) is 47.4 Å². The van der Waals surface area contributed by atoms with Crippen LogP contribution in [0.15, 0.2) is 42.5 Å². The molecule has 2 saturated heterocycles. The van der Waals surface area contributed by atoms with Gasteiger partial charge in [0.05, 0.1) is 19.3 Å². The lowest BCUT2D eigenvalue weighted by atomic mass is 10.0. The number of benzene rings is 2. The average molecular weight is 406 g/mol. The molecule has 3 aliphatic heterocycles. The van der Waals surface area contributed by atoms with Crippen molar-refractivity contribution in [2.24, 2.45) is 0 Å². The zero-order valence-electron chi connectivity index (χ0n) is 17.0. The lowest BCUT2D eigenvalue weighted by molar-refractivity contribution is -0.117. The highest BCUT2D eigenvalue weighted by atomic mass is 16.5. The number of hydrogen-bond donors (Lipinski definition) is 0. The summed E-state index contributed by atoms with van der Waals surface area (Å²) in [6, 6.07) is 13.5. The first-order valence-electron chi connectivity index (χ1n) is 10.8. The Bertz CT molecular complexity index is 973. The number of amides is 2. The summed E-state index contributed by atoms with van der Waals surface area (Å²) in [7, 11) is 0. The minimum atomic E-state index is 0.0121. The zero-order valence-corrected chi connectivity index (χ0v) is 17.0. The molecule has 0 radical (unpaired) electrons. The van der Waals surface area contributed by atoms with E-state index in [0.717, 1.165) is 61.5 Å². The van der Waals surface area contributed by atoms with E-state index in [-0.39, 0.29) is 17.9 Å². The third kappa shape index (κ3) is 3.51. The molecular weight excluding hydrogens is 380 g/mol. The van der Waals surface area contributed by atoms with Gasteiger partial charge in [0.1, 0.15) is 0 Å². The van der Waals surface area contributed by atoms with Crippen molar-refractivity contribution < 1.29 is 19.1 Å². The number of rotatable bonds is 3. The van der Waals surface area contributed by atoms with E-state index in [2.05, 4.69) is 0 Å². The van der Waals surface area contributed by atoms with Gasteiger partial charge in [-0.25, -0.2) is 0 Å². The van der Waals surface area contributed by atoms with E-state index >= 15 is 0 Å². The predicted octanol–water partition coefficient (Wildman–Crippen LogP) is 3.95. The molecule has 3 aliphatic rings. The molecule has 0 unspecified atom stereocenters. The second-order valence-electron chi connectivity index (χ2n) is 8.11. The van der Waals surface area contributed by atoms with E-state index in [1.165, 1.54) is 0 Å². The highest BCUT2D eigenvalue weighted by Gasteiger charge is 2.32. The second-order valence-corrected chi connectivity index (χ2v) is 8.11. The molecule has 0 bridgehead atoms. The third-order valence-electron chi connectivity index (χ3n) is 6.15. The Hall–Kier alpha value is -3.02. The monoisotopic (exact) mass is 406 g/mol. The van der Waals surface area contributed by atoms with Gasteiger partial charge >= 0.3 is 0 Å². The Kier molecular flexibility index (Phi) is 5.07. The summed E-state index contributed by atoms with van der Waals surface area (Å²) >= 11 is 0. The summed E-state index contributed by atoms with van der Waals surface area (Å²) in [5.41, 5.74) is 2.53. The maximum absolute atomic E-state index is 13.4. The highest BCUT2D eigenvalue weighted by Crippen LogP contribution is 2.38. The molecule has 1 atom stereocenters. The molecule has 0 saturated carbocycles. The summed E-state index contributed by atoms with van der Waals surface area (Å²) in [5.74, 6) is 1.68. The summed E-state index contributed by atoms with van der Waals surface area (Å²) in [6.07, 6.45) is 4.21. The lowest BCUT2D eigenvalue weighted by Crippen LogP contribution is -2.31. The number of carbonyl (C=O) groups is 2. The quantitative estimate of drug-likeness (QED) is 0.774. The molecule has 2 aromatic carbocycles. The Morgan fingerprint density at radius 3 is 2.63 bits per heavy atom. The van der Waals surface area contributed by atoms with Crippen molar-refractivity contribution >= 4 is 17.5 Å². The van der Waals surface area contributed by atoms with Gasteiger partial charge in [0.25, 0.3) is 5.91 Å². The van der Waals surface area contributed by atoms with Crippen molar-refractivity contribution in [2.75, 3.05) is 31.2 Å². The summed E-state index contributed by atoms with van der Waals surface area (Å²) in [6.45, 7) is 2.76. The Balaban J connectivity index is 1.39. The number of ether oxygens (including phenoxy) is 2. The minimum absolute atomic E-state index is 0.0121. The van der Waals surface area contributed by atoms with Crippen LogP contribution in [0.3, 0.4) is 0 Å². The van der Waals surface area contributed by atoms with Crippen LogP contribution in [-0.4, -0.2) is 43.0 Å². The average Bonchev–Trinajstić information content (AvgIpc) is 3.36. The smallest absolute Gasteiger partial charge is 0.254 e. The molecule has 0 aromatic heterocycles. The van der Waals surface area contributed by atoms with E-state index in [0.29, 0.717) is 25.2 Å². The molecule has 156 valence electrons. The summed E-state index contributed by atoms with van der Waals surface area (Å²) < 4.78 is 11.6. The van der Waals surface area contributed by atoms with E-state index in [4.69, 9.17) is 9.47 Å². The summed E-state index contributed by atoms with van der Waals surface area (Å²) in [4.78, 5) is 29.2. The van der Waals surface area contributed by atoms with E-state index in [1.54, 1.807) is 4.90 Å². The number of anilines is 1. The van der Waals surface area contributed by atoms with Crippen LogP contribution in [-0.2, 0) is 4.79 Å². The largest absolute Gasteiger partial charge is 0.490 e. The van der Waals surface area contributed by atoms with Crippen molar-refractivity contribution in [2.45, 2.75) is 38.1 Å². The molecular formula is C24H26N2O4. The van der Waals surface area contributed by atoms with Crippen LogP contribution in [0.2, 0.25) is 0 Å². The number of fused-ring (bicyclic) bond motifs is 1. The van der Waals surface area contributed by atoms with Gasteiger partial charge in [-0.1, -0.05) is 12.1 Å². The molecule has 6 nitrogen and oxygen atoms in total. The molecule has 0 aliphatic carbocycles. The van der Waals surface area contributed by atoms with Crippen LogP contribution < -0.4 is 14.4 Å². The molecule has 0 N–H and O–H groups in total. The number of carbonyl (C=O) groups excluding carboxylic acids is 2. The van der Waals surface area contributed by atoms with Crippen molar-refractivity contribution in [1.82, 2.24) is 4.90 Å². The lowest BCUT2D eigenvalue weighted by Gasteiger charge is -2.26. The van der Waals surface area contributed by atoms with Gasteiger partial charge in [-0.05, 0) is 55.2 Å². The van der Waals surface area contributed by atoms with Crippen LogP contribution >= 0.6 is 0 Å². The number of hydrogen-bond acceptors (Lipinski definition) is 4. The third-order valence-corrected chi connectivity index (χ3v) is 6.15.